The molecule has 3 nitrogen and oxygen atoms in total. The van der Waals surface area contributed by atoms with Gasteiger partial charge in [0, 0.05) is 20.2 Å². The number of hydrogen-bond acceptors (Lipinski definition) is 3. The number of ether oxygens (including phenoxy) is 2. The zero-order valence-electron chi connectivity index (χ0n) is 6.67. The Hall–Kier alpha value is -0.120. The van der Waals surface area contributed by atoms with Gasteiger partial charge in [-0.2, -0.15) is 0 Å². The summed E-state index contributed by atoms with van der Waals surface area (Å²) in [6.07, 6.45) is 0.281. The summed E-state index contributed by atoms with van der Waals surface area (Å²) in [5, 5.41) is 0. The largest absolute Gasteiger partial charge is 0.382 e. The molecule has 3 heteroatoms. The van der Waals surface area contributed by atoms with E-state index in [1.54, 1.807) is 7.11 Å². The van der Waals surface area contributed by atoms with Gasteiger partial charge in [-0.1, -0.05) is 0 Å². The van der Waals surface area contributed by atoms with Gasteiger partial charge in [-0.25, -0.2) is 0 Å². The molecule has 0 aromatic rings. The van der Waals surface area contributed by atoms with Gasteiger partial charge in [0.1, 0.15) is 0 Å². The molecule has 0 bridgehead atoms. The fourth-order valence-electron chi connectivity index (χ4n) is 1.15. The minimum atomic E-state index is 0.281. The van der Waals surface area contributed by atoms with Crippen LogP contribution in [0.2, 0.25) is 0 Å². The standard InChI is InChI=1S/C7H15NO2/c1-8-3-4-10-7(5-8)6-9-2/h7H,3-6H2,1-2H3/t7-/m1/s1. The molecular weight excluding hydrogens is 130 g/mol. The van der Waals surface area contributed by atoms with Gasteiger partial charge in [0.05, 0.1) is 19.3 Å². The summed E-state index contributed by atoms with van der Waals surface area (Å²) in [6, 6.07) is 0. The lowest BCUT2D eigenvalue weighted by Crippen LogP contribution is -2.41. The molecule has 1 aliphatic rings. The van der Waals surface area contributed by atoms with Crippen molar-refractivity contribution in [2.75, 3.05) is 40.5 Å². The van der Waals surface area contributed by atoms with E-state index in [0.717, 1.165) is 19.7 Å². The van der Waals surface area contributed by atoms with Crippen LogP contribution >= 0.6 is 0 Å². The van der Waals surface area contributed by atoms with E-state index >= 15 is 0 Å². The van der Waals surface area contributed by atoms with Crippen LogP contribution in [0.3, 0.4) is 0 Å². The summed E-state index contributed by atoms with van der Waals surface area (Å²) < 4.78 is 10.4. The maximum Gasteiger partial charge on any atom is 0.0935 e. The van der Waals surface area contributed by atoms with E-state index in [0.29, 0.717) is 6.61 Å². The van der Waals surface area contributed by atoms with Crippen molar-refractivity contribution < 1.29 is 9.47 Å². The molecule has 60 valence electrons. The van der Waals surface area contributed by atoms with Crippen molar-refractivity contribution in [2.24, 2.45) is 0 Å². The highest BCUT2D eigenvalue weighted by Crippen LogP contribution is 2.02. The molecule has 0 spiro atoms. The Labute approximate surface area is 61.9 Å². The van der Waals surface area contributed by atoms with Crippen LogP contribution in [0, 0.1) is 0 Å². The van der Waals surface area contributed by atoms with Crippen LogP contribution in [-0.4, -0.2) is 51.5 Å². The van der Waals surface area contributed by atoms with Gasteiger partial charge in [-0.15, -0.1) is 0 Å². The number of nitrogens with zero attached hydrogens (tertiary/aromatic N) is 1. The smallest absolute Gasteiger partial charge is 0.0935 e. The molecule has 1 aliphatic heterocycles. The van der Waals surface area contributed by atoms with Gasteiger partial charge in [0.15, 0.2) is 0 Å². The molecule has 10 heavy (non-hydrogen) atoms. The zero-order chi connectivity index (χ0) is 7.40. The summed E-state index contributed by atoms with van der Waals surface area (Å²) in [5.74, 6) is 0. The molecule has 0 aromatic carbocycles. The molecule has 1 heterocycles. The molecule has 1 saturated heterocycles. The van der Waals surface area contributed by atoms with E-state index in [9.17, 15) is 0 Å². The molecule has 1 fully saturated rings. The van der Waals surface area contributed by atoms with Crippen LogP contribution < -0.4 is 0 Å². The lowest BCUT2D eigenvalue weighted by Gasteiger charge is -2.29. The zero-order valence-corrected chi connectivity index (χ0v) is 6.67. The van der Waals surface area contributed by atoms with Gasteiger partial charge < -0.3 is 14.4 Å². The lowest BCUT2D eigenvalue weighted by molar-refractivity contribution is -0.0542. The molecule has 0 saturated carbocycles. The first-order valence-electron chi connectivity index (χ1n) is 3.62. The summed E-state index contributed by atoms with van der Waals surface area (Å²) in [6.45, 7) is 3.59. The fraction of sp³-hybridized carbons (Fsp3) is 1.00. The van der Waals surface area contributed by atoms with Crippen molar-refractivity contribution in [2.45, 2.75) is 6.10 Å². The van der Waals surface area contributed by atoms with Crippen LogP contribution in [0.25, 0.3) is 0 Å². The Bertz CT molecular complexity index is 95.6. The Morgan fingerprint density at radius 3 is 3.10 bits per heavy atom. The van der Waals surface area contributed by atoms with Crippen LogP contribution in [0.4, 0.5) is 0 Å². The van der Waals surface area contributed by atoms with Crippen molar-refractivity contribution in [1.82, 2.24) is 4.90 Å². The molecule has 0 amide bonds. The number of hydrogen-bond donors (Lipinski definition) is 0. The van der Waals surface area contributed by atoms with Crippen molar-refractivity contribution in [1.29, 1.82) is 0 Å². The third kappa shape index (κ3) is 2.25. The highest BCUT2D eigenvalue weighted by Gasteiger charge is 2.16. The Morgan fingerprint density at radius 1 is 1.70 bits per heavy atom. The van der Waals surface area contributed by atoms with E-state index in [2.05, 4.69) is 11.9 Å². The monoisotopic (exact) mass is 145 g/mol. The van der Waals surface area contributed by atoms with Gasteiger partial charge in [0.2, 0.25) is 0 Å². The van der Waals surface area contributed by atoms with Gasteiger partial charge in [0.25, 0.3) is 0 Å². The van der Waals surface area contributed by atoms with Crippen LogP contribution in [0.5, 0.6) is 0 Å². The van der Waals surface area contributed by atoms with Gasteiger partial charge >= 0.3 is 0 Å². The Balaban J connectivity index is 2.18. The summed E-state index contributed by atoms with van der Waals surface area (Å²) >= 11 is 0. The first-order valence-corrected chi connectivity index (χ1v) is 3.62. The SMILES string of the molecule is COC[C@H]1CN(C)CCO1. The molecule has 0 radical (unpaired) electrons. The van der Waals surface area contributed by atoms with Gasteiger partial charge in [-0.3, -0.25) is 0 Å². The van der Waals surface area contributed by atoms with Crippen molar-refractivity contribution in [3.05, 3.63) is 0 Å². The maximum atomic E-state index is 5.42. The fourth-order valence-corrected chi connectivity index (χ4v) is 1.15. The number of morpholine rings is 1. The van der Waals surface area contributed by atoms with E-state index in [4.69, 9.17) is 9.47 Å². The first kappa shape index (κ1) is 7.98. The lowest BCUT2D eigenvalue weighted by atomic mass is 10.3. The molecule has 1 atom stereocenters. The van der Waals surface area contributed by atoms with E-state index in [-0.39, 0.29) is 6.10 Å². The van der Waals surface area contributed by atoms with Crippen molar-refractivity contribution in [3.8, 4) is 0 Å². The first-order chi connectivity index (χ1) is 4.83. The summed E-state index contributed by atoms with van der Waals surface area (Å²) in [4.78, 5) is 2.26. The third-order valence-corrected chi connectivity index (χ3v) is 1.69. The quantitative estimate of drug-likeness (QED) is 0.544. The molecule has 0 N–H and O–H groups in total. The highest BCUT2D eigenvalue weighted by atomic mass is 16.5. The van der Waals surface area contributed by atoms with E-state index in [1.807, 2.05) is 0 Å². The molecule has 0 aliphatic carbocycles. The van der Waals surface area contributed by atoms with Crippen LogP contribution in [-0.2, 0) is 9.47 Å². The summed E-state index contributed by atoms with van der Waals surface area (Å²) in [7, 11) is 3.81. The number of methoxy groups -OCH3 is 1. The number of rotatable bonds is 2. The molecular formula is C7H15NO2. The number of likely N-dealkylation sites (N-methyl/N-ethyl adjacent to an activating group) is 1. The van der Waals surface area contributed by atoms with Crippen LogP contribution in [0.1, 0.15) is 0 Å². The van der Waals surface area contributed by atoms with Crippen molar-refractivity contribution in [3.63, 3.8) is 0 Å². The third-order valence-electron chi connectivity index (χ3n) is 1.69. The van der Waals surface area contributed by atoms with E-state index < -0.39 is 0 Å². The van der Waals surface area contributed by atoms with Crippen molar-refractivity contribution >= 4 is 0 Å². The second-order valence-corrected chi connectivity index (χ2v) is 2.71. The summed E-state index contributed by atoms with van der Waals surface area (Å²) in [5.41, 5.74) is 0. The molecule has 0 aromatic heterocycles. The minimum Gasteiger partial charge on any atom is -0.382 e. The Morgan fingerprint density at radius 2 is 2.50 bits per heavy atom. The minimum absolute atomic E-state index is 0.281. The average molecular weight is 145 g/mol. The molecule has 0 unspecified atom stereocenters. The van der Waals surface area contributed by atoms with E-state index in [1.165, 1.54) is 0 Å². The topological polar surface area (TPSA) is 21.7 Å². The highest BCUT2D eigenvalue weighted by molar-refractivity contribution is 4.67. The maximum absolute atomic E-state index is 5.42. The van der Waals surface area contributed by atoms with Gasteiger partial charge in [-0.05, 0) is 7.05 Å². The second kappa shape index (κ2) is 3.91. The normalized spacial score (nSPS) is 28.8. The average Bonchev–Trinajstić information content (AvgIpc) is 1.88. The predicted molar refractivity (Wildman–Crippen MR) is 39.1 cm³/mol. The second-order valence-electron chi connectivity index (χ2n) is 2.71. The molecule has 1 rings (SSSR count). The predicted octanol–water partition coefficient (Wildman–Crippen LogP) is -0.0366. The Kier molecular flexibility index (Phi) is 3.12. The van der Waals surface area contributed by atoms with Crippen LogP contribution in [0.15, 0.2) is 0 Å².